The number of aliphatic hydroxyl groups excluding tert-OH is 3. The van der Waals surface area contributed by atoms with Crippen LogP contribution in [-0.2, 0) is 80.2 Å². The number of aliphatic carboxylic acids is 1. The monoisotopic (exact) mass is 1550 g/mol. The number of amides is 13. The van der Waals surface area contributed by atoms with E-state index in [0.29, 0.717) is 16.7 Å². The van der Waals surface area contributed by atoms with E-state index in [1.54, 1.807) is 133 Å². The SMILES string of the molecule is C.CC[C@H](C)C(NC(=O)[C@@H](CCCNC(=O)OCc1ccccc1)NC(=O)[C@H](CC(C)C)NC(=O)[C@@H](NC(=O)[C@@H](NC(=O)[C@H](CC(C)(C)C)NC(=O)[C@@H](CC(C)(C)C)NC(=O)OCc1ccccc1)[C@H](N)c1ccccc1)[C@H](O)C(C)C)C(=O)N[C@H](C(=O)NCC(=O)N[C@@H](CC(N)=O)C(=O)N[C@@H](CO)C(=O)O)[C@H](C)O. The van der Waals surface area contributed by atoms with Crippen LogP contribution in [-0.4, -0.2) is 196 Å². The second-order valence-corrected chi connectivity index (χ2v) is 30.1. The number of carbonyl (C=O) groups excluding carboxylic acids is 13. The standard InChI is InChI=1S/C75H114N14O20.CH4/c1-14-43(6)57(68(101)87-58(44(7)91)67(100)79-37-55(93)80-50(34-54(76)92)64(97)84-53(38-90)71(104)105)86-62(95)48(31-24-32-78-72(106)108-39-45-25-18-15-19-26-45)81-63(96)49(33-41(2)3)82-70(103)60(61(94)42(4)5)89-69(102)59(56(77)47-29-22-17-23-30-47)88-66(99)51(35-74(8,9)10)83-65(98)52(36-75(11,12)13)85-73(107)109-40-46-27-20-16-21-28-46;/h15-23,25-30,41-44,48-53,56-61,90-91,94H,14,24,31-40,77H2,1-13H3,(H2,76,92)(H,78,106)(H,79,100)(H,80,93)(H,81,96)(H,82,103)(H,83,98)(H,84,97)(H,85,107)(H,86,95)(H,87,101)(H,88,99)(H,89,102)(H,104,105);1H4/t43-,44-,48+,49-,50-,51-,52+,53-,56+,57?,58-,59-,60-,61+;/m0./s1. The van der Waals surface area contributed by atoms with Crippen molar-refractivity contribution in [1.29, 1.82) is 0 Å². The summed E-state index contributed by atoms with van der Waals surface area (Å²) in [6.07, 6.45) is -6.14. The van der Waals surface area contributed by atoms with Crippen molar-refractivity contribution >= 4 is 83.1 Å². The molecule has 612 valence electrons. The highest BCUT2D eigenvalue weighted by Crippen LogP contribution is 2.25. The zero-order valence-corrected chi connectivity index (χ0v) is 64.4. The normalized spacial score (nSPS) is 15.2. The van der Waals surface area contributed by atoms with Crippen LogP contribution in [0, 0.1) is 28.6 Å². The first-order chi connectivity index (χ1) is 51.0. The lowest BCUT2D eigenvalue weighted by Crippen LogP contribution is -2.64. The van der Waals surface area contributed by atoms with Gasteiger partial charge in [0.1, 0.15) is 73.6 Å². The molecule has 0 saturated heterocycles. The highest BCUT2D eigenvalue weighted by atomic mass is 16.6. The largest absolute Gasteiger partial charge is 0.480 e. The number of nitrogens with one attached hydrogen (secondary N) is 12. The van der Waals surface area contributed by atoms with Crippen molar-refractivity contribution in [3.63, 3.8) is 0 Å². The fourth-order valence-electron chi connectivity index (χ4n) is 11.0. The van der Waals surface area contributed by atoms with Gasteiger partial charge < -0.3 is 105 Å². The number of carboxylic acids is 1. The number of primary amides is 1. The highest BCUT2D eigenvalue weighted by Gasteiger charge is 2.42. The molecule has 0 radical (unpaired) electrons. The third-order valence-electron chi connectivity index (χ3n) is 17.1. The second kappa shape index (κ2) is 46.9. The Kier molecular flexibility index (Phi) is 40.8. The molecule has 0 bridgehead atoms. The Labute approximate surface area is 643 Å². The highest BCUT2D eigenvalue weighted by molar-refractivity contribution is 6.00. The Morgan fingerprint density at radius 3 is 1.40 bits per heavy atom. The lowest BCUT2D eigenvalue weighted by molar-refractivity contribution is -0.143. The minimum Gasteiger partial charge on any atom is -0.480 e. The van der Waals surface area contributed by atoms with Crippen LogP contribution < -0.4 is 75.3 Å². The lowest BCUT2D eigenvalue weighted by atomic mass is 9.86. The van der Waals surface area contributed by atoms with E-state index in [4.69, 9.17) is 20.9 Å². The Bertz CT molecular complexity index is 3500. The molecule has 13 amide bonds. The first-order valence-electron chi connectivity index (χ1n) is 36.2. The number of carbonyl (C=O) groups is 14. The number of hydrogen-bond donors (Lipinski definition) is 18. The molecule has 3 aromatic carbocycles. The minimum atomic E-state index is -1.90. The molecule has 0 aromatic heterocycles. The fraction of sp³-hybridized carbons (Fsp3) is 0.579. The topological polar surface area (TPSA) is 535 Å². The van der Waals surface area contributed by atoms with Crippen molar-refractivity contribution in [2.24, 2.45) is 40.1 Å². The molecule has 3 aromatic rings. The van der Waals surface area contributed by atoms with Crippen molar-refractivity contribution < 1.29 is 97.0 Å². The zero-order chi connectivity index (χ0) is 82.0. The van der Waals surface area contributed by atoms with Gasteiger partial charge >= 0.3 is 18.2 Å². The Hall–Kier alpha value is -10.3. The summed E-state index contributed by atoms with van der Waals surface area (Å²) in [7, 11) is 0. The summed E-state index contributed by atoms with van der Waals surface area (Å²) in [6.45, 7) is 19.5. The third kappa shape index (κ3) is 34.9. The zero-order valence-electron chi connectivity index (χ0n) is 64.4. The summed E-state index contributed by atoms with van der Waals surface area (Å²) in [6, 6.07) is 8.00. The molecule has 110 heavy (non-hydrogen) atoms. The minimum absolute atomic E-state index is 0. The van der Waals surface area contributed by atoms with E-state index in [-0.39, 0.29) is 65.7 Å². The number of carboxylic acid groups (broad SMARTS) is 1. The summed E-state index contributed by atoms with van der Waals surface area (Å²) < 4.78 is 10.8. The third-order valence-corrected chi connectivity index (χ3v) is 17.1. The van der Waals surface area contributed by atoms with Gasteiger partial charge in [-0.2, -0.15) is 0 Å². The van der Waals surface area contributed by atoms with Crippen LogP contribution in [0.4, 0.5) is 9.59 Å². The van der Waals surface area contributed by atoms with Crippen LogP contribution in [0.1, 0.15) is 165 Å². The second-order valence-electron chi connectivity index (χ2n) is 30.1. The van der Waals surface area contributed by atoms with E-state index in [1.807, 2.05) is 46.9 Å². The van der Waals surface area contributed by atoms with E-state index >= 15 is 4.79 Å². The Balaban J connectivity index is 0.0000411. The molecule has 20 N–H and O–H groups in total. The first-order valence-corrected chi connectivity index (χ1v) is 36.2. The van der Waals surface area contributed by atoms with Gasteiger partial charge in [0.2, 0.25) is 65.0 Å². The fourth-order valence-corrected chi connectivity index (χ4v) is 11.0. The van der Waals surface area contributed by atoms with Crippen molar-refractivity contribution in [1.82, 2.24) is 63.8 Å². The molecule has 34 nitrogen and oxygen atoms in total. The maximum atomic E-state index is 15.1. The number of nitrogens with two attached hydrogens (primary N) is 2. The van der Waals surface area contributed by atoms with Gasteiger partial charge in [-0.1, -0.05) is 188 Å². The molecular formula is C76H118N14O20. The maximum absolute atomic E-state index is 15.1. The Morgan fingerprint density at radius 2 is 0.909 bits per heavy atom. The van der Waals surface area contributed by atoms with Crippen LogP contribution in [0.5, 0.6) is 0 Å². The summed E-state index contributed by atoms with van der Waals surface area (Å²) in [5, 5.41) is 71.1. The summed E-state index contributed by atoms with van der Waals surface area (Å²) in [5.41, 5.74) is 12.6. The van der Waals surface area contributed by atoms with Gasteiger partial charge in [0.25, 0.3) is 0 Å². The average Bonchev–Trinajstić information content (AvgIpc) is 0.822. The van der Waals surface area contributed by atoms with Gasteiger partial charge in [0, 0.05) is 6.54 Å². The van der Waals surface area contributed by atoms with Crippen LogP contribution >= 0.6 is 0 Å². The number of alkyl carbamates (subject to hydrolysis) is 2. The number of rotatable bonds is 44. The smallest absolute Gasteiger partial charge is 0.408 e. The molecule has 0 saturated carbocycles. The van der Waals surface area contributed by atoms with E-state index in [9.17, 15) is 82.8 Å². The van der Waals surface area contributed by atoms with E-state index in [1.165, 1.54) is 0 Å². The van der Waals surface area contributed by atoms with Crippen molar-refractivity contribution in [2.45, 2.75) is 234 Å². The van der Waals surface area contributed by atoms with Crippen molar-refractivity contribution in [2.75, 3.05) is 19.7 Å². The average molecular weight is 1550 g/mol. The van der Waals surface area contributed by atoms with Crippen molar-refractivity contribution in [3.8, 4) is 0 Å². The molecule has 0 aliphatic rings. The molecule has 14 atom stereocenters. The predicted molar refractivity (Wildman–Crippen MR) is 406 cm³/mol. The predicted octanol–water partition coefficient (Wildman–Crippen LogP) is 1.12. The lowest BCUT2D eigenvalue weighted by Gasteiger charge is -2.33. The number of aliphatic hydroxyl groups is 3. The summed E-state index contributed by atoms with van der Waals surface area (Å²) in [4.78, 5) is 192. The number of ether oxygens (including phenoxy) is 2. The summed E-state index contributed by atoms with van der Waals surface area (Å²) >= 11 is 0. The van der Waals surface area contributed by atoms with Crippen LogP contribution in [0.3, 0.4) is 0 Å². The van der Waals surface area contributed by atoms with Gasteiger partial charge in [0.05, 0.1) is 37.8 Å². The molecule has 0 spiro atoms. The van der Waals surface area contributed by atoms with Gasteiger partial charge in [-0.05, 0) is 84.3 Å². The first kappa shape index (κ1) is 95.8. The van der Waals surface area contributed by atoms with Gasteiger partial charge in [-0.3, -0.25) is 52.7 Å². The quantitative estimate of drug-likeness (QED) is 0.0353. The van der Waals surface area contributed by atoms with Crippen LogP contribution in [0.25, 0.3) is 0 Å². The molecule has 1 unspecified atom stereocenters. The Morgan fingerprint density at radius 1 is 0.482 bits per heavy atom. The maximum Gasteiger partial charge on any atom is 0.408 e. The van der Waals surface area contributed by atoms with Crippen molar-refractivity contribution in [3.05, 3.63) is 108 Å². The molecule has 0 aliphatic heterocycles. The molecule has 0 heterocycles. The number of hydrogen-bond acceptors (Lipinski definition) is 20. The molecule has 0 aliphatic carbocycles. The summed E-state index contributed by atoms with van der Waals surface area (Å²) in [5.74, 6) is -15.1. The number of benzene rings is 3. The molecular weight excluding hydrogens is 1430 g/mol. The van der Waals surface area contributed by atoms with Crippen LogP contribution in [0.15, 0.2) is 91.0 Å². The van der Waals surface area contributed by atoms with E-state index < -0.39 is 210 Å². The van der Waals surface area contributed by atoms with E-state index in [2.05, 4.69) is 58.5 Å². The van der Waals surface area contributed by atoms with Gasteiger partial charge in [0.15, 0.2) is 0 Å². The van der Waals surface area contributed by atoms with E-state index in [0.717, 1.165) is 6.92 Å². The van der Waals surface area contributed by atoms with Gasteiger partial charge in [-0.15, -0.1) is 0 Å². The van der Waals surface area contributed by atoms with Crippen LogP contribution in [0.2, 0.25) is 0 Å². The van der Waals surface area contributed by atoms with Gasteiger partial charge in [-0.25, -0.2) is 14.4 Å². The molecule has 34 heteroatoms. The molecule has 0 fully saturated rings. The molecule has 3 rings (SSSR count).